The molecule has 1 atom stereocenters. The Morgan fingerprint density at radius 1 is 1.25 bits per heavy atom. The molecule has 1 unspecified atom stereocenters. The number of alkyl halides is 3. The average molecular weight is 228 g/mol. The first-order valence-electron chi connectivity index (χ1n) is 4.80. The number of hydrogen-bond donors (Lipinski definition) is 1. The van der Waals surface area contributed by atoms with Crippen molar-refractivity contribution in [1.29, 1.82) is 0 Å². The molecule has 1 N–H and O–H groups in total. The van der Waals surface area contributed by atoms with Crippen molar-refractivity contribution in [2.24, 2.45) is 0 Å². The van der Waals surface area contributed by atoms with Crippen LogP contribution in [0.3, 0.4) is 0 Å². The van der Waals surface area contributed by atoms with Gasteiger partial charge in [0.25, 0.3) is 0 Å². The molecule has 0 radical (unpaired) electrons. The van der Waals surface area contributed by atoms with Gasteiger partial charge in [0.15, 0.2) is 0 Å². The van der Waals surface area contributed by atoms with E-state index in [4.69, 9.17) is 5.11 Å². The topological polar surface area (TPSA) is 20.2 Å². The monoisotopic (exact) mass is 228 g/mol. The zero-order valence-corrected chi connectivity index (χ0v) is 8.67. The van der Waals surface area contributed by atoms with Gasteiger partial charge >= 0.3 is 6.18 Å². The van der Waals surface area contributed by atoms with Crippen molar-refractivity contribution in [3.8, 4) is 11.8 Å². The largest absolute Gasteiger partial charge is 0.416 e. The Morgan fingerprint density at radius 3 is 2.25 bits per heavy atom. The van der Waals surface area contributed by atoms with Crippen molar-refractivity contribution in [2.45, 2.75) is 25.6 Å². The Kier molecular flexibility index (Phi) is 3.97. The lowest BCUT2D eigenvalue weighted by atomic mass is 10.1. The Bertz CT molecular complexity index is 395. The molecule has 0 fully saturated rings. The van der Waals surface area contributed by atoms with Gasteiger partial charge in [-0.15, -0.1) is 0 Å². The van der Waals surface area contributed by atoms with Crippen LogP contribution in [-0.4, -0.2) is 11.2 Å². The van der Waals surface area contributed by atoms with E-state index in [1.807, 2.05) is 0 Å². The summed E-state index contributed by atoms with van der Waals surface area (Å²) in [5.41, 5.74) is -0.241. The predicted molar refractivity (Wildman–Crippen MR) is 54.6 cm³/mol. The number of aliphatic hydroxyl groups is 1. The van der Waals surface area contributed by atoms with Crippen molar-refractivity contribution in [1.82, 2.24) is 0 Å². The molecule has 1 nitrogen and oxygen atoms in total. The van der Waals surface area contributed by atoms with Crippen LogP contribution in [0.5, 0.6) is 0 Å². The lowest BCUT2D eigenvalue weighted by molar-refractivity contribution is -0.137. The molecule has 86 valence electrons. The van der Waals surface area contributed by atoms with Gasteiger partial charge < -0.3 is 5.11 Å². The molecule has 0 saturated heterocycles. The van der Waals surface area contributed by atoms with Gasteiger partial charge in [-0.25, -0.2) is 0 Å². The van der Waals surface area contributed by atoms with E-state index >= 15 is 0 Å². The van der Waals surface area contributed by atoms with Crippen LogP contribution in [0.1, 0.15) is 24.5 Å². The first-order chi connectivity index (χ1) is 7.43. The minimum Gasteiger partial charge on any atom is -0.380 e. The number of halogens is 3. The molecule has 16 heavy (non-hydrogen) atoms. The van der Waals surface area contributed by atoms with E-state index in [9.17, 15) is 13.2 Å². The van der Waals surface area contributed by atoms with Crippen LogP contribution in [0.15, 0.2) is 24.3 Å². The summed E-state index contributed by atoms with van der Waals surface area (Å²) in [5.74, 6) is 5.14. The third-order valence-electron chi connectivity index (χ3n) is 1.98. The second-order valence-electron chi connectivity index (χ2n) is 3.27. The maximum Gasteiger partial charge on any atom is 0.416 e. The molecule has 4 heteroatoms. The van der Waals surface area contributed by atoms with E-state index in [2.05, 4.69) is 11.8 Å². The minimum absolute atomic E-state index is 0.459. The van der Waals surface area contributed by atoms with E-state index in [-0.39, 0.29) is 0 Å². The molecule has 0 aromatic heterocycles. The average Bonchev–Trinajstić information content (AvgIpc) is 2.25. The summed E-state index contributed by atoms with van der Waals surface area (Å²) in [5, 5.41) is 9.15. The standard InChI is InChI=1S/C12H11F3O/c1-2-11(16)8-5-9-3-6-10(7-4-9)12(13,14)15/h3-4,6-7,11,16H,2H2,1H3. The van der Waals surface area contributed by atoms with E-state index in [1.165, 1.54) is 12.1 Å². The maximum atomic E-state index is 12.2. The van der Waals surface area contributed by atoms with Gasteiger partial charge in [-0.05, 0) is 30.7 Å². The van der Waals surface area contributed by atoms with Crippen LogP contribution < -0.4 is 0 Å². The molecule has 0 aliphatic carbocycles. The summed E-state index contributed by atoms with van der Waals surface area (Å²) >= 11 is 0. The Morgan fingerprint density at radius 2 is 1.81 bits per heavy atom. The number of aliphatic hydroxyl groups excluding tert-OH is 1. The molecule has 1 rings (SSSR count). The van der Waals surface area contributed by atoms with Gasteiger partial charge in [0.2, 0.25) is 0 Å². The highest BCUT2D eigenvalue weighted by molar-refractivity contribution is 5.37. The lowest BCUT2D eigenvalue weighted by Gasteiger charge is -2.05. The Hall–Kier alpha value is -1.47. The molecule has 0 saturated carbocycles. The van der Waals surface area contributed by atoms with Gasteiger partial charge in [-0.3, -0.25) is 0 Å². The number of benzene rings is 1. The summed E-state index contributed by atoms with van der Waals surface area (Å²) in [7, 11) is 0. The molecule has 0 aliphatic heterocycles. The third kappa shape index (κ3) is 3.59. The molecular formula is C12H11F3O. The number of rotatable bonds is 1. The van der Waals surface area contributed by atoms with Gasteiger partial charge in [-0.1, -0.05) is 18.8 Å². The molecule has 1 aromatic rings. The van der Waals surface area contributed by atoms with E-state index in [0.29, 0.717) is 12.0 Å². The van der Waals surface area contributed by atoms with E-state index in [1.54, 1.807) is 6.92 Å². The van der Waals surface area contributed by atoms with Crippen molar-refractivity contribution in [3.05, 3.63) is 35.4 Å². The van der Waals surface area contributed by atoms with Crippen LogP contribution >= 0.6 is 0 Å². The van der Waals surface area contributed by atoms with Gasteiger partial charge in [0.1, 0.15) is 6.10 Å². The molecule has 0 aliphatic rings. The van der Waals surface area contributed by atoms with E-state index in [0.717, 1.165) is 12.1 Å². The highest BCUT2D eigenvalue weighted by Crippen LogP contribution is 2.28. The second kappa shape index (κ2) is 5.04. The summed E-state index contributed by atoms with van der Waals surface area (Å²) in [6.07, 6.45) is -4.56. The fraction of sp³-hybridized carbons (Fsp3) is 0.333. The summed E-state index contributed by atoms with van der Waals surface area (Å²) in [6, 6.07) is 4.53. The summed E-state index contributed by atoms with van der Waals surface area (Å²) in [6.45, 7) is 1.77. The lowest BCUT2D eigenvalue weighted by Crippen LogP contribution is -2.04. The molecule has 0 amide bonds. The molecule has 1 aromatic carbocycles. The third-order valence-corrected chi connectivity index (χ3v) is 1.98. The maximum absolute atomic E-state index is 12.2. The van der Waals surface area contributed by atoms with E-state index < -0.39 is 17.8 Å². The quantitative estimate of drug-likeness (QED) is 0.733. The van der Waals surface area contributed by atoms with Gasteiger partial charge in [0.05, 0.1) is 5.56 Å². The fourth-order valence-electron chi connectivity index (χ4n) is 1.01. The highest BCUT2D eigenvalue weighted by atomic mass is 19.4. The van der Waals surface area contributed by atoms with Crippen molar-refractivity contribution < 1.29 is 18.3 Å². The first kappa shape index (κ1) is 12.6. The summed E-state index contributed by atoms with van der Waals surface area (Å²) in [4.78, 5) is 0. The predicted octanol–water partition coefficient (Wildman–Crippen LogP) is 2.83. The van der Waals surface area contributed by atoms with Crippen LogP contribution in [0.2, 0.25) is 0 Å². The van der Waals surface area contributed by atoms with Crippen molar-refractivity contribution >= 4 is 0 Å². The molecule has 0 spiro atoms. The zero-order chi connectivity index (χ0) is 12.2. The van der Waals surface area contributed by atoms with Crippen LogP contribution in [0, 0.1) is 11.8 Å². The Balaban J connectivity index is 2.83. The van der Waals surface area contributed by atoms with Crippen LogP contribution in [-0.2, 0) is 6.18 Å². The number of hydrogen-bond acceptors (Lipinski definition) is 1. The smallest absolute Gasteiger partial charge is 0.380 e. The molecule has 0 bridgehead atoms. The SMILES string of the molecule is CCC(O)C#Cc1ccc(C(F)(F)F)cc1. The molecule has 0 heterocycles. The fourth-order valence-corrected chi connectivity index (χ4v) is 1.01. The first-order valence-corrected chi connectivity index (χ1v) is 4.80. The normalized spacial score (nSPS) is 12.8. The van der Waals surface area contributed by atoms with Crippen molar-refractivity contribution in [3.63, 3.8) is 0 Å². The zero-order valence-electron chi connectivity index (χ0n) is 8.67. The van der Waals surface area contributed by atoms with Crippen LogP contribution in [0.25, 0.3) is 0 Å². The van der Waals surface area contributed by atoms with Gasteiger partial charge in [0, 0.05) is 5.56 Å². The Labute approximate surface area is 91.9 Å². The second-order valence-corrected chi connectivity index (χ2v) is 3.27. The highest BCUT2D eigenvalue weighted by Gasteiger charge is 2.29. The van der Waals surface area contributed by atoms with Crippen molar-refractivity contribution in [2.75, 3.05) is 0 Å². The molecular weight excluding hydrogens is 217 g/mol. The van der Waals surface area contributed by atoms with Gasteiger partial charge in [-0.2, -0.15) is 13.2 Å². The minimum atomic E-state index is -4.32. The summed E-state index contributed by atoms with van der Waals surface area (Å²) < 4.78 is 36.6. The van der Waals surface area contributed by atoms with Crippen LogP contribution in [0.4, 0.5) is 13.2 Å².